The van der Waals surface area contributed by atoms with Crippen molar-refractivity contribution in [3.8, 4) is 0 Å². The van der Waals surface area contributed by atoms with E-state index in [1.807, 2.05) is 0 Å². The van der Waals surface area contributed by atoms with Crippen LogP contribution in [0.4, 0.5) is 0 Å². The number of carbonyl (C=O) groups excluding carboxylic acids is 1. The van der Waals surface area contributed by atoms with E-state index in [2.05, 4.69) is 0 Å². The molecule has 0 aliphatic carbocycles. The summed E-state index contributed by atoms with van der Waals surface area (Å²) in [4.78, 5) is 9.69. The molecule has 0 aliphatic heterocycles. The highest BCUT2D eigenvalue weighted by atomic mass is 32.2. The fourth-order valence-corrected chi connectivity index (χ4v) is 0.177. The van der Waals surface area contributed by atoms with Gasteiger partial charge in [0.25, 0.3) is 0 Å². The molecule has 0 heterocycles. The number of rotatable bonds is 2. The van der Waals surface area contributed by atoms with Gasteiger partial charge in [0.1, 0.15) is 7.63 Å². The Hall–Kier alpha value is 0.0200. The molecule has 30 valence electrons. The second-order valence-electron chi connectivity index (χ2n) is 0.577. The molecular weight excluding hydrogens is 84.1 g/mol. The molecular formula is C3H6OS. The van der Waals surface area contributed by atoms with Gasteiger partial charge in [-0.15, -0.1) is 0 Å². The quantitative estimate of drug-likeness (QED) is 0.461. The van der Waals surface area contributed by atoms with E-state index < -0.39 is 6.26 Å². The van der Waals surface area contributed by atoms with Crippen molar-refractivity contribution in [1.82, 2.24) is 0 Å². The highest BCUT2D eigenvalue weighted by molar-refractivity contribution is 7.99. The maximum absolute atomic E-state index is 9.69. The van der Waals surface area contributed by atoms with E-state index in [9.17, 15) is 4.79 Å². The molecule has 0 amide bonds. The summed E-state index contributed by atoms with van der Waals surface area (Å²) >= 11 is 1.37. The maximum Gasteiger partial charge on any atom is 0.129 e. The van der Waals surface area contributed by atoms with Crippen LogP contribution in [0.3, 0.4) is 0 Å². The number of hydrogen-bond donors (Lipinski definition) is 0. The average Bonchev–Trinajstić information content (AvgIpc) is 1.35. The van der Waals surface area contributed by atoms with Gasteiger partial charge < -0.3 is 4.79 Å². The topological polar surface area (TPSA) is 17.1 Å². The lowest BCUT2D eigenvalue weighted by Gasteiger charge is -1.69. The summed E-state index contributed by atoms with van der Waals surface area (Å²) in [6.45, 7) is 0. The molecule has 0 saturated carbocycles. The second-order valence-corrected chi connectivity index (χ2v) is 1.44. The van der Waals surface area contributed by atoms with Crippen LogP contribution in [0.2, 0.25) is 0 Å². The minimum atomic E-state index is -0.498. The van der Waals surface area contributed by atoms with Crippen LogP contribution in [0.1, 0.15) is 1.37 Å². The third-order valence-corrected chi connectivity index (χ3v) is 0.610. The van der Waals surface area contributed by atoms with Crippen molar-refractivity contribution in [2.45, 2.75) is 0 Å². The molecule has 0 aliphatic rings. The molecule has 0 aromatic carbocycles. The van der Waals surface area contributed by atoms with Crippen LogP contribution in [0.15, 0.2) is 0 Å². The van der Waals surface area contributed by atoms with Crippen molar-refractivity contribution in [3.05, 3.63) is 0 Å². The summed E-state index contributed by atoms with van der Waals surface area (Å²) in [5.41, 5.74) is 0. The van der Waals surface area contributed by atoms with E-state index in [1.165, 1.54) is 11.8 Å². The lowest BCUT2D eigenvalue weighted by atomic mass is 10.9. The van der Waals surface area contributed by atoms with Crippen molar-refractivity contribution >= 4 is 18.0 Å². The first-order valence-electron chi connectivity index (χ1n) is 1.75. The van der Waals surface area contributed by atoms with Crippen molar-refractivity contribution in [2.24, 2.45) is 0 Å². The Kier molecular flexibility index (Phi) is 2.59. The molecule has 0 aromatic heterocycles. The van der Waals surface area contributed by atoms with Gasteiger partial charge in [-0.05, 0) is 6.26 Å². The highest BCUT2D eigenvalue weighted by Crippen LogP contribution is 1.82. The predicted octanol–water partition coefficient (Wildman–Crippen LogP) is 0.548. The molecule has 1 nitrogen and oxygen atoms in total. The van der Waals surface area contributed by atoms with Crippen LogP contribution >= 0.6 is 11.8 Å². The lowest BCUT2D eigenvalue weighted by molar-refractivity contribution is -0.105. The van der Waals surface area contributed by atoms with Gasteiger partial charge in [0.2, 0.25) is 0 Å². The van der Waals surface area contributed by atoms with Crippen molar-refractivity contribution < 1.29 is 6.17 Å². The third-order valence-electron chi connectivity index (χ3n) is 0.203. The standard InChI is InChI=1S/C3H6OS/c1-5-3-2-4/h2H,3H2,1H3/i2D. The normalized spacial score (nSPS) is 10.2. The Morgan fingerprint density at radius 1 is 2.40 bits per heavy atom. The maximum atomic E-state index is 9.69. The zero-order valence-electron chi connectivity index (χ0n) is 4.02. The van der Waals surface area contributed by atoms with E-state index in [4.69, 9.17) is 1.37 Å². The molecule has 0 radical (unpaired) electrons. The second kappa shape index (κ2) is 4.02. The monoisotopic (exact) mass is 91.0 g/mol. The average molecular weight is 91.2 g/mol. The van der Waals surface area contributed by atoms with Crippen molar-refractivity contribution in [1.29, 1.82) is 0 Å². The fraction of sp³-hybridized carbons (Fsp3) is 0.667. The lowest BCUT2D eigenvalue weighted by Crippen LogP contribution is -1.70. The molecule has 0 spiro atoms. The van der Waals surface area contributed by atoms with Gasteiger partial charge >= 0.3 is 0 Å². The summed E-state index contributed by atoms with van der Waals surface area (Å²) in [7, 11) is 0. The fourth-order valence-electron chi connectivity index (χ4n) is 0.0589. The zero-order chi connectivity index (χ0) is 4.99. The first-order valence-corrected chi connectivity index (χ1v) is 2.65. The minimum Gasteiger partial charge on any atom is -0.302 e. The smallest absolute Gasteiger partial charge is 0.129 e. The minimum absolute atomic E-state index is 0.319. The molecule has 0 fully saturated rings. The highest BCUT2D eigenvalue weighted by Gasteiger charge is 1.66. The number of aldehydes is 1. The first-order chi connectivity index (χ1) is 2.77. The SMILES string of the molecule is [2H]C(=O)CSC. The molecule has 0 saturated heterocycles. The Morgan fingerprint density at radius 2 is 3.00 bits per heavy atom. The van der Waals surface area contributed by atoms with Gasteiger partial charge in [-0.1, -0.05) is 0 Å². The Balaban J connectivity index is 2.83. The third kappa shape index (κ3) is 4.02. The Labute approximate surface area is 37.2 Å². The van der Waals surface area contributed by atoms with Crippen molar-refractivity contribution in [3.63, 3.8) is 0 Å². The molecule has 2 heteroatoms. The van der Waals surface area contributed by atoms with E-state index in [0.717, 1.165) is 0 Å². The van der Waals surface area contributed by atoms with E-state index >= 15 is 0 Å². The zero-order valence-corrected chi connectivity index (χ0v) is 3.84. The van der Waals surface area contributed by atoms with E-state index in [0.29, 0.717) is 5.75 Å². The number of hydrogen-bond acceptors (Lipinski definition) is 2. The molecule has 0 rings (SSSR count). The molecule has 0 bridgehead atoms. The van der Waals surface area contributed by atoms with Gasteiger partial charge in [0.05, 0.1) is 0 Å². The van der Waals surface area contributed by atoms with Crippen LogP contribution in [-0.4, -0.2) is 18.3 Å². The van der Waals surface area contributed by atoms with Crippen LogP contribution in [0.5, 0.6) is 0 Å². The number of carbonyl (C=O) groups is 1. The van der Waals surface area contributed by atoms with Gasteiger partial charge in [-0.3, -0.25) is 0 Å². The van der Waals surface area contributed by atoms with Gasteiger partial charge in [-0.25, -0.2) is 0 Å². The summed E-state index contributed by atoms with van der Waals surface area (Å²) in [6, 6.07) is 0. The summed E-state index contributed by atoms with van der Waals surface area (Å²) in [5.74, 6) is 0.319. The van der Waals surface area contributed by atoms with Gasteiger partial charge in [0.15, 0.2) is 0 Å². The molecule has 0 unspecified atom stereocenters. The van der Waals surface area contributed by atoms with Crippen LogP contribution < -0.4 is 0 Å². The van der Waals surface area contributed by atoms with Crippen LogP contribution in [-0.2, 0) is 4.79 Å². The van der Waals surface area contributed by atoms with Crippen LogP contribution in [0.25, 0.3) is 0 Å². The van der Waals surface area contributed by atoms with Crippen molar-refractivity contribution in [2.75, 3.05) is 12.0 Å². The Morgan fingerprint density at radius 3 is 3.00 bits per heavy atom. The summed E-state index contributed by atoms with van der Waals surface area (Å²) in [5, 5.41) is 0. The number of thioether (sulfide) groups is 1. The molecule has 0 atom stereocenters. The Bertz CT molecular complexity index is 54.8. The summed E-state index contributed by atoms with van der Waals surface area (Å²) < 4.78 is 6.32. The van der Waals surface area contributed by atoms with Gasteiger partial charge in [0, 0.05) is 5.75 Å². The molecule has 0 aromatic rings. The van der Waals surface area contributed by atoms with E-state index in [1.54, 1.807) is 6.26 Å². The van der Waals surface area contributed by atoms with Crippen LogP contribution in [0, 0.1) is 0 Å². The summed E-state index contributed by atoms with van der Waals surface area (Å²) in [6.07, 6.45) is 1.30. The first kappa shape index (κ1) is 3.22. The molecule has 5 heavy (non-hydrogen) atoms. The predicted molar refractivity (Wildman–Crippen MR) is 24.4 cm³/mol. The molecule has 0 N–H and O–H groups in total. The van der Waals surface area contributed by atoms with E-state index in [-0.39, 0.29) is 0 Å². The largest absolute Gasteiger partial charge is 0.302 e. The van der Waals surface area contributed by atoms with Gasteiger partial charge in [-0.2, -0.15) is 11.8 Å².